The summed E-state index contributed by atoms with van der Waals surface area (Å²) < 4.78 is 0.873. The molecule has 1 aromatic rings. The maximum absolute atomic E-state index is 5.53. The van der Waals surface area contributed by atoms with Gasteiger partial charge in [-0.05, 0) is 41.4 Å². The highest BCUT2D eigenvalue weighted by Gasteiger charge is 2.02. The molecule has 60 valence electrons. The Bertz CT molecular complexity index is 248. The summed E-state index contributed by atoms with van der Waals surface area (Å²) in [7, 11) is 0. The molecule has 0 aliphatic heterocycles. The maximum atomic E-state index is 5.53. The monoisotopic (exact) mass is 214 g/mol. The van der Waals surface area contributed by atoms with Crippen LogP contribution in [0.3, 0.4) is 0 Å². The molecule has 0 atom stereocenters. The molecule has 1 aromatic heterocycles. The zero-order valence-corrected chi connectivity index (χ0v) is 8.27. The van der Waals surface area contributed by atoms with Gasteiger partial charge in [-0.1, -0.05) is 0 Å². The van der Waals surface area contributed by atoms with Gasteiger partial charge in [0.05, 0.1) is 0 Å². The van der Waals surface area contributed by atoms with Crippen LogP contribution in [0.25, 0.3) is 0 Å². The first kappa shape index (κ1) is 8.68. The van der Waals surface area contributed by atoms with Gasteiger partial charge in [-0.15, -0.1) is 0 Å². The Balaban J connectivity index is 3.25. The van der Waals surface area contributed by atoms with E-state index in [1.54, 1.807) is 0 Å². The molecule has 0 aliphatic rings. The fraction of sp³-hybridized carbons (Fsp3) is 0.375. The molecule has 1 rings (SSSR count). The Morgan fingerprint density at radius 3 is 2.64 bits per heavy atom. The molecular weight excluding hydrogens is 204 g/mol. The average Bonchev–Trinajstić information content (AvgIpc) is 1.85. The highest BCUT2D eigenvalue weighted by Crippen LogP contribution is 2.17. The Morgan fingerprint density at radius 2 is 2.18 bits per heavy atom. The molecule has 0 aromatic carbocycles. The van der Waals surface area contributed by atoms with Gasteiger partial charge in [0.25, 0.3) is 0 Å². The quantitative estimate of drug-likeness (QED) is 0.727. The minimum absolute atomic E-state index is 0.541. The fourth-order valence-electron chi connectivity index (χ4n) is 1.06. The number of pyridine rings is 1. The van der Waals surface area contributed by atoms with Crippen molar-refractivity contribution >= 4 is 15.9 Å². The number of hydrogen-bond donors (Lipinski definition) is 1. The zero-order chi connectivity index (χ0) is 8.43. The summed E-state index contributed by atoms with van der Waals surface area (Å²) in [5.74, 6) is 0. The number of nitrogens with zero attached hydrogens (tertiary/aromatic N) is 1. The summed E-state index contributed by atoms with van der Waals surface area (Å²) in [6.07, 6.45) is 0. The summed E-state index contributed by atoms with van der Waals surface area (Å²) >= 11 is 3.37. The van der Waals surface area contributed by atoms with E-state index in [2.05, 4.69) is 20.9 Å². The van der Waals surface area contributed by atoms with E-state index < -0.39 is 0 Å². The van der Waals surface area contributed by atoms with Crippen LogP contribution < -0.4 is 5.73 Å². The number of aromatic nitrogens is 1. The highest BCUT2D eigenvalue weighted by atomic mass is 79.9. The van der Waals surface area contributed by atoms with Crippen LogP contribution in [0.1, 0.15) is 16.8 Å². The van der Waals surface area contributed by atoms with Gasteiger partial charge in [0.1, 0.15) is 4.60 Å². The molecule has 0 amide bonds. The lowest BCUT2D eigenvalue weighted by atomic mass is 10.1. The smallest absolute Gasteiger partial charge is 0.111 e. The number of nitrogens with two attached hydrogens (primary N) is 1. The Morgan fingerprint density at radius 1 is 1.55 bits per heavy atom. The second-order valence-electron chi connectivity index (χ2n) is 2.55. The van der Waals surface area contributed by atoms with Crippen LogP contribution in [-0.2, 0) is 6.54 Å². The molecule has 11 heavy (non-hydrogen) atoms. The van der Waals surface area contributed by atoms with Crippen LogP contribution in [0.15, 0.2) is 10.7 Å². The zero-order valence-electron chi connectivity index (χ0n) is 6.69. The molecule has 0 bridgehead atoms. The number of hydrogen-bond acceptors (Lipinski definition) is 2. The van der Waals surface area contributed by atoms with Crippen LogP contribution in [0.2, 0.25) is 0 Å². The van der Waals surface area contributed by atoms with Gasteiger partial charge in [-0.2, -0.15) is 0 Å². The van der Waals surface area contributed by atoms with Crippen LogP contribution in [-0.4, -0.2) is 4.98 Å². The van der Waals surface area contributed by atoms with E-state index in [9.17, 15) is 0 Å². The summed E-state index contributed by atoms with van der Waals surface area (Å²) in [6.45, 7) is 4.55. The van der Waals surface area contributed by atoms with Gasteiger partial charge in [-0.3, -0.25) is 0 Å². The summed E-state index contributed by atoms with van der Waals surface area (Å²) in [5, 5.41) is 0. The predicted octanol–water partition coefficient (Wildman–Crippen LogP) is 1.92. The normalized spacial score (nSPS) is 10.2. The van der Waals surface area contributed by atoms with Gasteiger partial charge in [0.15, 0.2) is 0 Å². The largest absolute Gasteiger partial charge is 0.326 e. The highest BCUT2D eigenvalue weighted by molar-refractivity contribution is 9.10. The first-order chi connectivity index (χ1) is 5.15. The molecule has 0 saturated carbocycles. The van der Waals surface area contributed by atoms with Crippen molar-refractivity contribution < 1.29 is 0 Å². The number of aryl methyl sites for hydroxylation is 2. The van der Waals surface area contributed by atoms with E-state index >= 15 is 0 Å². The molecule has 0 unspecified atom stereocenters. The standard InChI is InChI=1S/C8H11BrN2/c1-5-3-6(2)11-8(9)7(5)4-10/h3H,4,10H2,1-2H3. The van der Waals surface area contributed by atoms with Crippen LogP contribution >= 0.6 is 15.9 Å². The molecule has 2 N–H and O–H groups in total. The van der Waals surface area contributed by atoms with E-state index in [0.29, 0.717) is 6.54 Å². The molecule has 1 heterocycles. The Labute approximate surface area is 75.0 Å². The van der Waals surface area contributed by atoms with Crippen molar-refractivity contribution in [2.75, 3.05) is 0 Å². The van der Waals surface area contributed by atoms with Crippen LogP contribution in [0, 0.1) is 13.8 Å². The SMILES string of the molecule is Cc1cc(C)c(CN)c(Br)n1. The average molecular weight is 215 g/mol. The van der Waals surface area contributed by atoms with Gasteiger partial charge >= 0.3 is 0 Å². The maximum Gasteiger partial charge on any atom is 0.111 e. The third-order valence-electron chi connectivity index (χ3n) is 1.63. The Kier molecular flexibility index (Phi) is 2.62. The van der Waals surface area contributed by atoms with E-state index in [1.807, 2.05) is 19.9 Å². The Hall–Kier alpha value is -0.410. The van der Waals surface area contributed by atoms with Gasteiger partial charge in [0, 0.05) is 17.8 Å². The van der Waals surface area contributed by atoms with E-state index in [0.717, 1.165) is 15.9 Å². The van der Waals surface area contributed by atoms with E-state index in [1.165, 1.54) is 5.56 Å². The summed E-state index contributed by atoms with van der Waals surface area (Å²) in [5.41, 5.74) is 8.85. The number of rotatable bonds is 1. The molecule has 0 fully saturated rings. The lowest BCUT2D eigenvalue weighted by molar-refractivity contribution is 0.989. The third kappa shape index (κ3) is 1.79. The molecule has 0 radical (unpaired) electrons. The minimum atomic E-state index is 0.541. The molecule has 0 saturated heterocycles. The van der Waals surface area contributed by atoms with Crippen LogP contribution in [0.5, 0.6) is 0 Å². The van der Waals surface area contributed by atoms with Crippen molar-refractivity contribution in [3.05, 3.63) is 27.5 Å². The number of halogens is 1. The molecule has 2 nitrogen and oxygen atoms in total. The lowest BCUT2D eigenvalue weighted by Gasteiger charge is -2.05. The fourth-order valence-corrected chi connectivity index (χ4v) is 1.82. The van der Waals surface area contributed by atoms with E-state index in [-0.39, 0.29) is 0 Å². The first-order valence-electron chi connectivity index (χ1n) is 3.48. The van der Waals surface area contributed by atoms with Gasteiger partial charge in [-0.25, -0.2) is 4.98 Å². The molecule has 3 heteroatoms. The van der Waals surface area contributed by atoms with Crippen molar-refractivity contribution in [1.82, 2.24) is 4.98 Å². The van der Waals surface area contributed by atoms with Crippen molar-refractivity contribution in [3.63, 3.8) is 0 Å². The van der Waals surface area contributed by atoms with Gasteiger partial charge < -0.3 is 5.73 Å². The lowest BCUT2D eigenvalue weighted by Crippen LogP contribution is -2.02. The molecule has 0 aliphatic carbocycles. The third-order valence-corrected chi connectivity index (χ3v) is 2.28. The topological polar surface area (TPSA) is 38.9 Å². The van der Waals surface area contributed by atoms with E-state index in [4.69, 9.17) is 5.73 Å². The minimum Gasteiger partial charge on any atom is -0.326 e. The second kappa shape index (κ2) is 3.32. The second-order valence-corrected chi connectivity index (χ2v) is 3.31. The molecule has 0 spiro atoms. The summed E-state index contributed by atoms with van der Waals surface area (Å²) in [4.78, 5) is 4.24. The first-order valence-corrected chi connectivity index (χ1v) is 4.27. The predicted molar refractivity (Wildman–Crippen MR) is 49.3 cm³/mol. The van der Waals surface area contributed by atoms with Gasteiger partial charge in [0.2, 0.25) is 0 Å². The van der Waals surface area contributed by atoms with Crippen molar-refractivity contribution in [2.45, 2.75) is 20.4 Å². The van der Waals surface area contributed by atoms with Crippen LogP contribution in [0.4, 0.5) is 0 Å². The van der Waals surface area contributed by atoms with Crippen molar-refractivity contribution in [3.8, 4) is 0 Å². The molecular formula is C8H11BrN2. The summed E-state index contributed by atoms with van der Waals surface area (Å²) in [6, 6.07) is 2.03. The van der Waals surface area contributed by atoms with Crippen molar-refractivity contribution in [2.24, 2.45) is 5.73 Å². The van der Waals surface area contributed by atoms with Crippen molar-refractivity contribution in [1.29, 1.82) is 0 Å².